The van der Waals surface area contributed by atoms with Gasteiger partial charge >= 0.3 is 0 Å². The van der Waals surface area contributed by atoms with Crippen molar-refractivity contribution < 1.29 is 18.8 Å². The molecule has 0 spiro atoms. The fraction of sp³-hybridized carbons (Fsp3) is 0.560. The van der Waals surface area contributed by atoms with E-state index in [1.54, 1.807) is 6.07 Å². The smallest absolute Gasteiger partial charge is 0.273 e. The first-order valence-corrected chi connectivity index (χ1v) is 13.4. The van der Waals surface area contributed by atoms with Crippen molar-refractivity contribution in [2.75, 3.05) is 56.6 Å². The third-order valence-corrected chi connectivity index (χ3v) is 8.30. The minimum absolute atomic E-state index is 0.0133. The van der Waals surface area contributed by atoms with Crippen molar-refractivity contribution in [3.63, 3.8) is 0 Å². The first kappa shape index (κ1) is 27.3. The molecule has 2 aromatic rings. The van der Waals surface area contributed by atoms with Crippen molar-refractivity contribution in [3.05, 3.63) is 45.6 Å². The highest BCUT2D eigenvalue weighted by molar-refractivity contribution is 6.28. The number of nitrogens with one attached hydrogen (secondary N) is 2. The summed E-state index contributed by atoms with van der Waals surface area (Å²) in [5.74, 6) is -1.03. The Bertz CT molecular complexity index is 1230. The zero-order valence-electron chi connectivity index (χ0n) is 21.6. The first-order valence-electron chi connectivity index (χ1n) is 13.0. The van der Waals surface area contributed by atoms with Crippen LogP contribution >= 0.6 is 11.6 Å². The van der Waals surface area contributed by atoms with E-state index in [1.807, 2.05) is 0 Å². The number of carbonyl (C=O) groups excluding carboxylic acids is 1. The lowest BCUT2D eigenvalue weighted by Gasteiger charge is -2.36. The van der Waals surface area contributed by atoms with Crippen molar-refractivity contribution in [1.82, 2.24) is 20.2 Å². The standard InChI is InChI=1S/C25H32ClFN8O4/c1-33-5-7-34(8-6-33)19-3-2-15(35(37)38)12-20(19)39-9-4-29-18-11-14-10-16(18)22(21(14)23(28)36)31-24-17(27)13-30-25(26)32-24/h2-3,12-14,16,18,21-22,29H,4-11H2,1H3,(H2,28,36)(H,30,31,32)/t14-,16+,18+,21-,22+/m0/s1. The quantitative estimate of drug-likeness (QED) is 0.169. The van der Waals surface area contributed by atoms with Crippen molar-refractivity contribution in [1.29, 1.82) is 0 Å². The number of amides is 1. The third kappa shape index (κ3) is 5.85. The van der Waals surface area contributed by atoms with Crippen LogP contribution in [0.3, 0.4) is 0 Å². The molecule has 2 bridgehead atoms. The Morgan fingerprint density at radius 1 is 1.31 bits per heavy atom. The van der Waals surface area contributed by atoms with Gasteiger partial charge in [0.25, 0.3) is 5.69 Å². The molecule has 5 rings (SSSR count). The predicted molar refractivity (Wildman–Crippen MR) is 143 cm³/mol. The van der Waals surface area contributed by atoms with Gasteiger partial charge in [-0.15, -0.1) is 0 Å². The molecule has 1 aromatic heterocycles. The van der Waals surface area contributed by atoms with Gasteiger partial charge in [-0.3, -0.25) is 14.9 Å². The van der Waals surface area contributed by atoms with Gasteiger partial charge in [0.15, 0.2) is 11.6 Å². The van der Waals surface area contributed by atoms with Crippen molar-refractivity contribution in [2.24, 2.45) is 23.5 Å². The summed E-state index contributed by atoms with van der Waals surface area (Å²) >= 11 is 5.85. The fourth-order valence-corrected chi connectivity index (χ4v) is 6.39. The molecule has 1 aliphatic heterocycles. The molecule has 2 aliphatic carbocycles. The van der Waals surface area contributed by atoms with Gasteiger partial charge in [0.05, 0.1) is 28.8 Å². The minimum atomic E-state index is -0.656. The summed E-state index contributed by atoms with van der Waals surface area (Å²) in [4.78, 5) is 35.2. The van der Waals surface area contributed by atoms with E-state index in [4.69, 9.17) is 22.1 Å². The van der Waals surface area contributed by atoms with E-state index >= 15 is 0 Å². The maximum absolute atomic E-state index is 14.3. The van der Waals surface area contributed by atoms with Gasteiger partial charge in [0.2, 0.25) is 11.2 Å². The maximum atomic E-state index is 14.3. The fourth-order valence-electron chi connectivity index (χ4n) is 6.25. The molecule has 0 unspecified atom stereocenters. The molecule has 3 aliphatic rings. The Hall–Kier alpha value is -3.29. The summed E-state index contributed by atoms with van der Waals surface area (Å²) < 4.78 is 20.4. The molecule has 2 heterocycles. The molecule has 1 aromatic carbocycles. The molecule has 14 heteroatoms. The number of fused-ring (bicyclic) bond motifs is 2. The monoisotopic (exact) mass is 562 g/mol. The van der Waals surface area contributed by atoms with E-state index in [0.29, 0.717) is 18.9 Å². The first-order chi connectivity index (χ1) is 18.7. The molecule has 12 nitrogen and oxygen atoms in total. The summed E-state index contributed by atoms with van der Waals surface area (Å²) in [6, 6.07) is 4.38. The highest BCUT2D eigenvalue weighted by atomic mass is 35.5. The lowest BCUT2D eigenvalue weighted by Crippen LogP contribution is -2.51. The van der Waals surface area contributed by atoms with Crippen LogP contribution in [0.2, 0.25) is 5.28 Å². The normalized spacial score (nSPS) is 26.5. The molecule has 1 amide bonds. The van der Waals surface area contributed by atoms with Gasteiger partial charge in [0, 0.05) is 50.9 Å². The Balaban J connectivity index is 1.22. The molecule has 39 heavy (non-hydrogen) atoms. The van der Waals surface area contributed by atoms with E-state index in [0.717, 1.165) is 50.9 Å². The summed E-state index contributed by atoms with van der Waals surface area (Å²) in [6.07, 6.45) is 2.51. The number of nitrogens with two attached hydrogens (primary N) is 1. The second-order valence-electron chi connectivity index (χ2n) is 10.4. The van der Waals surface area contributed by atoms with Crippen LogP contribution in [0, 0.1) is 33.7 Å². The van der Waals surface area contributed by atoms with E-state index < -0.39 is 28.6 Å². The number of nitro groups is 1. The molecule has 4 N–H and O–H groups in total. The molecule has 5 atom stereocenters. The number of non-ortho nitro benzene ring substituents is 1. The highest BCUT2D eigenvalue weighted by Gasteiger charge is 2.55. The number of primary amides is 1. The van der Waals surface area contributed by atoms with Crippen molar-refractivity contribution >= 4 is 34.7 Å². The second kappa shape index (κ2) is 11.4. The molecule has 210 valence electrons. The molecule has 2 saturated carbocycles. The van der Waals surface area contributed by atoms with Crippen LogP contribution in [0.5, 0.6) is 5.75 Å². The largest absolute Gasteiger partial charge is 0.490 e. The number of carbonyl (C=O) groups is 1. The van der Waals surface area contributed by atoms with E-state index in [1.165, 1.54) is 12.1 Å². The van der Waals surface area contributed by atoms with E-state index in [9.17, 15) is 19.3 Å². The Morgan fingerprint density at radius 3 is 2.79 bits per heavy atom. The lowest BCUT2D eigenvalue weighted by molar-refractivity contribution is -0.384. The molecule has 3 fully saturated rings. The number of halogens is 2. The molecular weight excluding hydrogens is 531 g/mol. The van der Waals surface area contributed by atoms with Gasteiger partial charge in [-0.25, -0.2) is 9.37 Å². The Kier molecular flexibility index (Phi) is 8.01. The second-order valence-corrected chi connectivity index (χ2v) is 10.8. The highest BCUT2D eigenvalue weighted by Crippen LogP contribution is 2.49. The number of likely N-dealkylation sites (N-methyl/N-ethyl adjacent to an activating group) is 1. The van der Waals surface area contributed by atoms with Crippen LogP contribution < -0.4 is 26.0 Å². The predicted octanol–water partition coefficient (Wildman–Crippen LogP) is 1.89. The van der Waals surface area contributed by atoms with Crippen LogP contribution in [0.25, 0.3) is 0 Å². The van der Waals surface area contributed by atoms with Crippen LogP contribution in [-0.4, -0.2) is 84.2 Å². The van der Waals surface area contributed by atoms with Gasteiger partial charge in [-0.05, 0) is 49.4 Å². The van der Waals surface area contributed by atoms with E-state index in [-0.39, 0.29) is 34.7 Å². The zero-order valence-corrected chi connectivity index (χ0v) is 22.3. The minimum Gasteiger partial charge on any atom is -0.490 e. The average molecular weight is 563 g/mol. The number of nitrogens with zero attached hydrogens (tertiary/aromatic N) is 5. The van der Waals surface area contributed by atoms with Crippen LogP contribution in [-0.2, 0) is 4.79 Å². The van der Waals surface area contributed by atoms with Gasteiger partial charge in [-0.2, -0.15) is 4.98 Å². The SMILES string of the molecule is CN1CCN(c2ccc([N+](=O)[O-])cc2OCCN[C@@H]2C[C@@H]3C[C@H]2[C@@H](Nc2nc(Cl)ncc2F)[C@H]3C(N)=O)CC1. The number of rotatable bonds is 10. The summed E-state index contributed by atoms with van der Waals surface area (Å²) in [6.45, 7) is 4.19. The summed E-state index contributed by atoms with van der Waals surface area (Å²) in [7, 11) is 2.07. The molecule has 0 radical (unpaired) electrons. The Morgan fingerprint density at radius 2 is 2.08 bits per heavy atom. The van der Waals surface area contributed by atoms with Crippen LogP contribution in [0.4, 0.5) is 21.6 Å². The number of piperazine rings is 1. The zero-order chi connectivity index (χ0) is 27.7. The number of anilines is 2. The van der Waals surface area contributed by atoms with Crippen molar-refractivity contribution in [3.8, 4) is 5.75 Å². The molecular formula is C25H32ClFN8O4. The number of hydrogen-bond acceptors (Lipinski definition) is 10. The third-order valence-electron chi connectivity index (χ3n) is 8.12. The Labute approximate surface area is 230 Å². The summed E-state index contributed by atoms with van der Waals surface area (Å²) in [5.41, 5.74) is 6.54. The van der Waals surface area contributed by atoms with Gasteiger partial charge < -0.3 is 30.9 Å². The van der Waals surface area contributed by atoms with Crippen LogP contribution in [0.1, 0.15) is 12.8 Å². The number of ether oxygens (including phenoxy) is 1. The maximum Gasteiger partial charge on any atom is 0.273 e. The van der Waals surface area contributed by atoms with Crippen molar-refractivity contribution in [2.45, 2.75) is 24.9 Å². The number of nitro benzene ring substituents is 1. The topological polar surface area (TPSA) is 152 Å². The van der Waals surface area contributed by atoms with E-state index in [2.05, 4.69) is 37.4 Å². The van der Waals surface area contributed by atoms with Crippen LogP contribution in [0.15, 0.2) is 24.4 Å². The number of aromatic nitrogens is 2. The lowest BCUT2D eigenvalue weighted by atomic mass is 9.81. The summed E-state index contributed by atoms with van der Waals surface area (Å²) in [5, 5.41) is 17.9. The van der Waals surface area contributed by atoms with Gasteiger partial charge in [-0.1, -0.05) is 0 Å². The number of hydrogen-bond donors (Lipinski definition) is 3. The number of benzene rings is 1. The molecule has 1 saturated heterocycles. The average Bonchev–Trinajstić information content (AvgIpc) is 3.47. The van der Waals surface area contributed by atoms with Gasteiger partial charge in [0.1, 0.15) is 12.4 Å².